The van der Waals surface area contributed by atoms with Gasteiger partial charge >= 0.3 is 0 Å². The Kier molecular flexibility index (Phi) is 7.83. The van der Waals surface area contributed by atoms with E-state index < -0.39 is 21.5 Å². The van der Waals surface area contributed by atoms with Gasteiger partial charge in [-0.2, -0.15) is 0 Å². The third-order valence-electron chi connectivity index (χ3n) is 9.73. The molecule has 42 heavy (non-hydrogen) atoms. The van der Waals surface area contributed by atoms with Crippen LogP contribution in [0.5, 0.6) is 5.75 Å². The van der Waals surface area contributed by atoms with Crippen molar-refractivity contribution in [2.24, 2.45) is 11.8 Å². The summed E-state index contributed by atoms with van der Waals surface area (Å²) in [5, 5.41) is 3.89. The summed E-state index contributed by atoms with van der Waals surface area (Å²) < 4.78 is 41.8. The Morgan fingerprint density at radius 3 is 2.74 bits per heavy atom. The summed E-state index contributed by atoms with van der Waals surface area (Å²) in [6.45, 7) is 5.69. The summed E-state index contributed by atoms with van der Waals surface area (Å²) >= 11 is 6.40. The highest BCUT2D eigenvalue weighted by Gasteiger charge is 2.44. The van der Waals surface area contributed by atoms with Gasteiger partial charge in [0.05, 0.1) is 28.8 Å². The van der Waals surface area contributed by atoms with Crippen LogP contribution in [0.4, 0.5) is 5.69 Å². The van der Waals surface area contributed by atoms with Gasteiger partial charge in [0.25, 0.3) is 15.9 Å². The van der Waals surface area contributed by atoms with Crippen LogP contribution in [0.15, 0.2) is 53.4 Å². The summed E-state index contributed by atoms with van der Waals surface area (Å²) in [6.07, 6.45) is 9.10. The van der Waals surface area contributed by atoms with Gasteiger partial charge in [-0.3, -0.25) is 4.79 Å². The SMILES string of the molecule is CO[C@@H]1/C=C\CNC(C)(C)C(=O)NS(=O)(=O)c2ccc3c(c2)N(C[C@@H]2CC[C@H]21)C[C@@]1(CCCc2cc(Cl)ccc21)CO3. The van der Waals surface area contributed by atoms with Crippen molar-refractivity contribution in [3.63, 3.8) is 0 Å². The highest BCUT2D eigenvalue weighted by atomic mass is 35.5. The molecule has 2 aliphatic carbocycles. The van der Waals surface area contributed by atoms with E-state index >= 15 is 0 Å². The third kappa shape index (κ3) is 5.45. The van der Waals surface area contributed by atoms with E-state index in [-0.39, 0.29) is 16.4 Å². The number of fused-ring (bicyclic) bond motifs is 4. The van der Waals surface area contributed by atoms with E-state index in [1.807, 2.05) is 12.1 Å². The second kappa shape index (κ2) is 11.2. The van der Waals surface area contributed by atoms with Crippen LogP contribution in [0, 0.1) is 11.8 Å². The van der Waals surface area contributed by atoms with Crippen LogP contribution in [-0.4, -0.2) is 59.3 Å². The van der Waals surface area contributed by atoms with Crippen molar-refractivity contribution in [2.45, 2.75) is 67.9 Å². The summed E-state index contributed by atoms with van der Waals surface area (Å²) in [5.41, 5.74) is 1.88. The molecule has 1 spiro atoms. The molecule has 6 rings (SSSR count). The van der Waals surface area contributed by atoms with Crippen molar-refractivity contribution in [1.29, 1.82) is 0 Å². The number of hydrogen-bond donors (Lipinski definition) is 2. The second-order valence-corrected chi connectivity index (χ2v) is 14.9. The minimum atomic E-state index is -4.13. The van der Waals surface area contributed by atoms with E-state index in [4.69, 9.17) is 21.1 Å². The molecule has 2 heterocycles. The van der Waals surface area contributed by atoms with Gasteiger partial charge in [-0.1, -0.05) is 29.8 Å². The molecule has 2 aliphatic heterocycles. The van der Waals surface area contributed by atoms with Gasteiger partial charge in [-0.15, -0.1) is 0 Å². The number of sulfonamides is 1. The number of carbonyl (C=O) groups is 1. The van der Waals surface area contributed by atoms with Crippen molar-refractivity contribution in [3.05, 3.63) is 64.7 Å². The van der Waals surface area contributed by atoms with Gasteiger partial charge in [-0.25, -0.2) is 13.1 Å². The minimum absolute atomic E-state index is 0.0395. The molecule has 1 fully saturated rings. The number of methoxy groups -OCH3 is 1. The average Bonchev–Trinajstić information content (AvgIpc) is 3.08. The maximum absolute atomic E-state index is 13.5. The lowest BCUT2D eigenvalue weighted by Gasteiger charge is -2.46. The van der Waals surface area contributed by atoms with E-state index in [1.54, 1.807) is 33.1 Å². The van der Waals surface area contributed by atoms with Crippen LogP contribution in [-0.2, 0) is 31.4 Å². The monoisotopic (exact) mass is 613 g/mol. The van der Waals surface area contributed by atoms with Crippen LogP contribution in [0.1, 0.15) is 50.7 Å². The molecule has 8 nitrogen and oxygen atoms in total. The molecule has 10 heteroatoms. The van der Waals surface area contributed by atoms with Crippen LogP contribution in [0.25, 0.3) is 0 Å². The highest BCUT2D eigenvalue weighted by Crippen LogP contribution is 2.47. The van der Waals surface area contributed by atoms with E-state index in [2.05, 4.69) is 33.1 Å². The molecule has 1 saturated carbocycles. The molecule has 2 aromatic carbocycles. The fourth-order valence-electron chi connectivity index (χ4n) is 7.10. The topological polar surface area (TPSA) is 97.0 Å². The largest absolute Gasteiger partial charge is 0.490 e. The van der Waals surface area contributed by atoms with Crippen molar-refractivity contribution >= 4 is 33.2 Å². The maximum Gasteiger partial charge on any atom is 0.264 e. The number of rotatable bonds is 1. The van der Waals surface area contributed by atoms with E-state index in [1.165, 1.54) is 17.2 Å². The first-order valence-electron chi connectivity index (χ1n) is 14.8. The number of hydrogen-bond acceptors (Lipinski definition) is 7. The zero-order valence-electron chi connectivity index (χ0n) is 24.5. The fraction of sp³-hybridized carbons (Fsp3) is 0.531. The van der Waals surface area contributed by atoms with Gasteiger partial charge in [0.15, 0.2) is 0 Å². The van der Waals surface area contributed by atoms with Crippen LogP contribution < -0.4 is 19.7 Å². The molecule has 0 unspecified atom stereocenters. The van der Waals surface area contributed by atoms with Crippen LogP contribution >= 0.6 is 11.6 Å². The lowest BCUT2D eigenvalue weighted by atomic mass is 9.68. The number of halogens is 1. The van der Waals surface area contributed by atoms with E-state index in [9.17, 15) is 13.2 Å². The predicted octanol–water partition coefficient (Wildman–Crippen LogP) is 4.60. The second-order valence-electron chi connectivity index (χ2n) is 12.8. The predicted molar refractivity (Wildman–Crippen MR) is 164 cm³/mol. The Morgan fingerprint density at radius 2 is 1.98 bits per heavy atom. The first-order chi connectivity index (χ1) is 20.0. The Hall–Kier alpha value is -2.59. The van der Waals surface area contributed by atoms with Crippen molar-refractivity contribution < 1.29 is 22.7 Å². The molecule has 0 saturated heterocycles. The maximum atomic E-state index is 13.5. The van der Waals surface area contributed by atoms with E-state index in [0.29, 0.717) is 37.3 Å². The van der Waals surface area contributed by atoms with Crippen molar-refractivity contribution in [1.82, 2.24) is 10.0 Å². The number of nitrogens with one attached hydrogen (secondary N) is 2. The molecule has 2 N–H and O–H groups in total. The van der Waals surface area contributed by atoms with Gasteiger partial charge in [-0.05, 0) is 99.2 Å². The van der Waals surface area contributed by atoms with Gasteiger partial charge in [0.2, 0.25) is 0 Å². The summed E-state index contributed by atoms with van der Waals surface area (Å²) in [5.74, 6) is 0.738. The van der Waals surface area contributed by atoms with Gasteiger partial charge in [0, 0.05) is 37.2 Å². The number of nitrogens with zero attached hydrogens (tertiary/aromatic N) is 1. The normalized spacial score (nSPS) is 31.0. The van der Waals surface area contributed by atoms with Crippen LogP contribution in [0.2, 0.25) is 5.02 Å². The molecule has 4 aliphatic rings. The number of amides is 1. The Morgan fingerprint density at radius 1 is 1.14 bits per heavy atom. The Labute approximate surface area is 253 Å². The first kappa shape index (κ1) is 29.5. The molecule has 4 atom stereocenters. The zero-order chi connectivity index (χ0) is 29.7. The lowest BCUT2D eigenvalue weighted by molar-refractivity contribution is -0.124. The molecular formula is C32H40ClN3O5S. The smallest absolute Gasteiger partial charge is 0.264 e. The zero-order valence-corrected chi connectivity index (χ0v) is 26.1. The summed E-state index contributed by atoms with van der Waals surface area (Å²) in [4.78, 5) is 15.5. The van der Waals surface area contributed by atoms with Crippen molar-refractivity contribution in [2.75, 3.05) is 38.3 Å². The average molecular weight is 614 g/mol. The molecule has 0 aromatic heterocycles. The minimum Gasteiger partial charge on any atom is -0.490 e. The molecule has 2 aromatic rings. The number of carbonyl (C=O) groups excluding carboxylic acids is 1. The number of aryl methyl sites for hydroxylation is 1. The number of benzene rings is 2. The molecule has 226 valence electrons. The molecule has 1 amide bonds. The van der Waals surface area contributed by atoms with E-state index in [0.717, 1.165) is 49.4 Å². The number of anilines is 1. The summed E-state index contributed by atoms with van der Waals surface area (Å²) in [6, 6.07) is 11.1. The third-order valence-corrected chi connectivity index (χ3v) is 11.3. The number of ether oxygens (including phenoxy) is 2. The molecule has 0 radical (unpaired) electrons. The Balaban J connectivity index is 1.45. The standard InChI is InChI=1S/C32H40ClN3O5S/c1-31(2)30(37)35-42(38,39)24-10-13-29-27(17-24)36(18-22-8-11-25(22)28(40-3)7-5-15-34-31)19-32(20-41-29)14-4-6-21-16-23(33)9-12-26(21)32/h5,7,9-10,12-13,16-17,22,25,28,34H,4,6,8,11,14-15,18-20H2,1-3H3,(H,35,37)/b7-5-/t22-,25+,28+,32-/m0/s1. The molecule has 2 bridgehead atoms. The van der Waals surface area contributed by atoms with Gasteiger partial charge < -0.3 is 19.7 Å². The van der Waals surface area contributed by atoms with Crippen LogP contribution in [0.3, 0.4) is 0 Å². The highest BCUT2D eigenvalue weighted by molar-refractivity contribution is 7.90. The fourth-order valence-corrected chi connectivity index (χ4v) is 8.43. The lowest BCUT2D eigenvalue weighted by Crippen LogP contribution is -2.54. The Bertz CT molecular complexity index is 1510. The van der Waals surface area contributed by atoms with Crippen molar-refractivity contribution in [3.8, 4) is 5.75 Å². The molecular weight excluding hydrogens is 574 g/mol. The first-order valence-corrected chi connectivity index (χ1v) is 16.7. The quantitative estimate of drug-likeness (QED) is 0.454. The van der Waals surface area contributed by atoms with Gasteiger partial charge in [0.1, 0.15) is 5.75 Å². The summed E-state index contributed by atoms with van der Waals surface area (Å²) in [7, 11) is -2.38.